The molecule has 0 radical (unpaired) electrons. The van der Waals surface area contributed by atoms with Crippen molar-refractivity contribution in [3.63, 3.8) is 0 Å². The van der Waals surface area contributed by atoms with E-state index in [0.717, 1.165) is 12.0 Å². The first-order valence-electron chi connectivity index (χ1n) is 9.68. The van der Waals surface area contributed by atoms with Gasteiger partial charge in [0.2, 0.25) is 0 Å². The summed E-state index contributed by atoms with van der Waals surface area (Å²) >= 11 is 0. The molecular weight excluding hydrogens is 366 g/mol. The molecule has 154 valence electrons. The average Bonchev–Trinajstić information content (AvgIpc) is 2.75. The quantitative estimate of drug-likeness (QED) is 0.225. The number of carbonyl (C=O) groups is 2. The summed E-state index contributed by atoms with van der Waals surface area (Å²) in [5.74, 6) is -2.92. The number of nitrogens with one attached hydrogen (secondary N) is 3. The van der Waals surface area contributed by atoms with Gasteiger partial charge in [-0.05, 0) is 29.5 Å². The minimum Gasteiger partial charge on any atom is -0.299 e. The smallest absolute Gasteiger partial charge is 0.256 e. The van der Waals surface area contributed by atoms with E-state index in [0.29, 0.717) is 5.69 Å². The predicted molar refractivity (Wildman–Crippen MR) is 114 cm³/mol. The molecule has 0 saturated carbocycles. The summed E-state index contributed by atoms with van der Waals surface area (Å²) in [6.45, 7) is 5.96. The normalized spacial score (nSPS) is 13.5. The highest BCUT2D eigenvalue weighted by Crippen LogP contribution is 2.38. The van der Waals surface area contributed by atoms with E-state index in [1.165, 1.54) is 0 Å². The highest BCUT2D eigenvalue weighted by atomic mass is 16.5. The van der Waals surface area contributed by atoms with E-state index in [1.54, 1.807) is 17.6 Å². The molecule has 29 heavy (non-hydrogen) atoms. The SMILES string of the molecule is CCC=CC([C@H](C(=O)NO)C(=O)NNc1ccccc1)C(C)(C)c1ccccc1. The van der Waals surface area contributed by atoms with E-state index >= 15 is 0 Å². The third-order valence-electron chi connectivity index (χ3n) is 5.07. The molecule has 2 aromatic carbocycles. The van der Waals surface area contributed by atoms with Crippen LogP contribution in [-0.2, 0) is 15.0 Å². The molecule has 2 amide bonds. The Morgan fingerprint density at radius 3 is 2.14 bits per heavy atom. The maximum atomic E-state index is 13.0. The number of hydroxylamine groups is 1. The van der Waals surface area contributed by atoms with Crippen molar-refractivity contribution in [2.45, 2.75) is 32.6 Å². The van der Waals surface area contributed by atoms with Crippen LogP contribution in [0, 0.1) is 11.8 Å². The lowest BCUT2D eigenvalue weighted by Crippen LogP contribution is -2.50. The molecule has 0 aromatic heterocycles. The number of amides is 2. The van der Waals surface area contributed by atoms with Crippen molar-refractivity contribution in [1.29, 1.82) is 0 Å². The second-order valence-corrected chi connectivity index (χ2v) is 7.38. The number of anilines is 1. The number of allylic oxidation sites excluding steroid dienone is 2. The Kier molecular flexibility index (Phi) is 7.98. The minimum atomic E-state index is -1.14. The summed E-state index contributed by atoms with van der Waals surface area (Å²) in [6, 6.07) is 18.8. The second-order valence-electron chi connectivity index (χ2n) is 7.38. The summed E-state index contributed by atoms with van der Waals surface area (Å²) < 4.78 is 0. The van der Waals surface area contributed by atoms with Crippen LogP contribution in [0.5, 0.6) is 0 Å². The van der Waals surface area contributed by atoms with Crippen LogP contribution in [-0.4, -0.2) is 17.0 Å². The van der Waals surface area contributed by atoms with E-state index in [-0.39, 0.29) is 0 Å². The average molecular weight is 396 g/mol. The predicted octanol–water partition coefficient (Wildman–Crippen LogP) is 3.81. The monoisotopic (exact) mass is 395 g/mol. The summed E-state index contributed by atoms with van der Waals surface area (Å²) in [4.78, 5) is 25.6. The first-order valence-corrected chi connectivity index (χ1v) is 9.68. The van der Waals surface area contributed by atoms with Gasteiger partial charge in [0.15, 0.2) is 0 Å². The van der Waals surface area contributed by atoms with Crippen molar-refractivity contribution in [3.8, 4) is 0 Å². The van der Waals surface area contributed by atoms with Crippen LogP contribution in [0.25, 0.3) is 0 Å². The highest BCUT2D eigenvalue weighted by molar-refractivity contribution is 6.01. The topological polar surface area (TPSA) is 90.5 Å². The van der Waals surface area contributed by atoms with Gasteiger partial charge in [-0.1, -0.05) is 81.5 Å². The maximum Gasteiger partial charge on any atom is 0.256 e. The first kappa shape index (κ1) is 22.2. The molecule has 6 heteroatoms. The summed E-state index contributed by atoms with van der Waals surface area (Å²) in [7, 11) is 0. The van der Waals surface area contributed by atoms with Gasteiger partial charge < -0.3 is 0 Å². The number of hydrogen-bond donors (Lipinski definition) is 4. The molecule has 0 aliphatic rings. The molecule has 0 aliphatic heterocycles. The van der Waals surface area contributed by atoms with Crippen LogP contribution in [0.4, 0.5) is 5.69 Å². The Morgan fingerprint density at radius 2 is 1.59 bits per heavy atom. The molecule has 0 bridgehead atoms. The fourth-order valence-electron chi connectivity index (χ4n) is 3.36. The zero-order valence-electron chi connectivity index (χ0n) is 17.1. The van der Waals surface area contributed by atoms with Gasteiger partial charge in [0.1, 0.15) is 5.92 Å². The lowest BCUT2D eigenvalue weighted by atomic mass is 9.67. The van der Waals surface area contributed by atoms with Crippen molar-refractivity contribution in [2.24, 2.45) is 11.8 Å². The van der Waals surface area contributed by atoms with Gasteiger partial charge in [0.25, 0.3) is 11.8 Å². The molecule has 2 aromatic rings. The fraction of sp³-hybridized carbons (Fsp3) is 0.304. The largest absolute Gasteiger partial charge is 0.299 e. The number of benzene rings is 2. The molecule has 4 N–H and O–H groups in total. The van der Waals surface area contributed by atoms with E-state index < -0.39 is 29.1 Å². The van der Waals surface area contributed by atoms with Gasteiger partial charge >= 0.3 is 0 Å². The Hall–Kier alpha value is -3.12. The molecule has 1 unspecified atom stereocenters. The highest BCUT2D eigenvalue weighted by Gasteiger charge is 2.43. The second kappa shape index (κ2) is 10.4. The van der Waals surface area contributed by atoms with Crippen molar-refractivity contribution >= 4 is 17.5 Å². The van der Waals surface area contributed by atoms with Crippen molar-refractivity contribution in [3.05, 3.63) is 78.4 Å². The Bertz CT molecular complexity index is 820. The van der Waals surface area contributed by atoms with E-state index in [1.807, 2.05) is 81.5 Å². The zero-order valence-corrected chi connectivity index (χ0v) is 17.1. The Balaban J connectivity index is 2.36. The number of para-hydroxylation sites is 1. The third kappa shape index (κ3) is 5.68. The number of hydrazine groups is 1. The van der Waals surface area contributed by atoms with E-state index in [9.17, 15) is 14.8 Å². The zero-order chi connectivity index (χ0) is 21.3. The summed E-state index contributed by atoms with van der Waals surface area (Å²) in [5, 5.41) is 9.33. The van der Waals surface area contributed by atoms with Gasteiger partial charge in [0.05, 0.1) is 5.69 Å². The van der Waals surface area contributed by atoms with Crippen LogP contribution >= 0.6 is 0 Å². The molecule has 0 saturated heterocycles. The van der Waals surface area contributed by atoms with Crippen LogP contribution in [0.15, 0.2) is 72.8 Å². The van der Waals surface area contributed by atoms with Crippen molar-refractivity contribution < 1.29 is 14.8 Å². The number of rotatable bonds is 9. The van der Waals surface area contributed by atoms with E-state index in [2.05, 4.69) is 10.9 Å². The molecule has 0 aliphatic carbocycles. The maximum absolute atomic E-state index is 13.0. The number of hydrogen-bond acceptors (Lipinski definition) is 4. The summed E-state index contributed by atoms with van der Waals surface area (Å²) in [6.07, 6.45) is 4.58. The van der Waals surface area contributed by atoms with Gasteiger partial charge in [-0.3, -0.25) is 25.6 Å². The Morgan fingerprint density at radius 1 is 1.00 bits per heavy atom. The molecule has 0 spiro atoms. The Labute approximate surface area is 172 Å². The molecule has 0 fully saturated rings. The molecule has 2 atom stereocenters. The molecule has 6 nitrogen and oxygen atoms in total. The number of carbonyl (C=O) groups excluding carboxylic acids is 2. The van der Waals surface area contributed by atoms with Crippen LogP contribution in [0.3, 0.4) is 0 Å². The van der Waals surface area contributed by atoms with Gasteiger partial charge in [0, 0.05) is 5.92 Å². The van der Waals surface area contributed by atoms with Crippen molar-refractivity contribution in [2.75, 3.05) is 5.43 Å². The van der Waals surface area contributed by atoms with Crippen LogP contribution in [0.1, 0.15) is 32.8 Å². The standard InChI is InChI=1S/C23H29N3O3/c1-4-5-16-19(23(2,3)17-12-8-6-9-13-17)20(22(28)26-29)21(27)25-24-18-14-10-7-11-15-18/h5-16,19-20,24,29H,4H2,1-3H3,(H,25,27)(H,26,28)/t19?,20-/m0/s1. The van der Waals surface area contributed by atoms with E-state index in [4.69, 9.17) is 0 Å². The van der Waals surface area contributed by atoms with Crippen molar-refractivity contribution in [1.82, 2.24) is 10.9 Å². The molecular formula is C23H29N3O3. The fourth-order valence-corrected chi connectivity index (χ4v) is 3.36. The van der Waals surface area contributed by atoms with Crippen LogP contribution in [0.2, 0.25) is 0 Å². The van der Waals surface area contributed by atoms with Gasteiger partial charge in [-0.25, -0.2) is 5.48 Å². The lowest BCUT2D eigenvalue weighted by Gasteiger charge is -2.37. The first-order chi connectivity index (χ1) is 13.9. The summed E-state index contributed by atoms with van der Waals surface area (Å²) in [5.41, 5.74) is 8.21. The third-order valence-corrected chi connectivity index (χ3v) is 5.07. The van der Waals surface area contributed by atoms with Gasteiger partial charge in [-0.2, -0.15) is 0 Å². The molecule has 0 heterocycles. The van der Waals surface area contributed by atoms with Gasteiger partial charge in [-0.15, -0.1) is 0 Å². The lowest BCUT2D eigenvalue weighted by molar-refractivity contribution is -0.143. The molecule has 2 rings (SSSR count). The minimum absolute atomic E-state index is 0.491. The van der Waals surface area contributed by atoms with Crippen LogP contribution < -0.4 is 16.3 Å².